The molecule has 2 nitrogen and oxygen atoms in total. The smallest absolute Gasteiger partial charge is 0.306 e. The zero-order valence-corrected chi connectivity index (χ0v) is 18.7. The SMILES string of the molecule is CCCCCCCCCCCCCCCCCC(=O)OC(C)C(C)(C)C. The lowest BCUT2D eigenvalue weighted by Gasteiger charge is -2.26. The summed E-state index contributed by atoms with van der Waals surface area (Å²) < 4.78 is 5.49. The third-order valence-electron chi connectivity index (χ3n) is 5.51. The van der Waals surface area contributed by atoms with Crippen LogP contribution in [-0.4, -0.2) is 12.1 Å². The summed E-state index contributed by atoms with van der Waals surface area (Å²) in [5, 5.41) is 0. The van der Waals surface area contributed by atoms with Gasteiger partial charge in [0.15, 0.2) is 0 Å². The van der Waals surface area contributed by atoms with Gasteiger partial charge in [0.25, 0.3) is 0 Å². The lowest BCUT2D eigenvalue weighted by atomic mass is 9.90. The zero-order chi connectivity index (χ0) is 19.7. The Labute approximate surface area is 164 Å². The van der Waals surface area contributed by atoms with Crippen LogP contribution in [0.15, 0.2) is 0 Å². The lowest BCUT2D eigenvalue weighted by Crippen LogP contribution is -2.28. The van der Waals surface area contributed by atoms with Crippen LogP contribution in [0.25, 0.3) is 0 Å². The molecule has 0 saturated heterocycles. The fourth-order valence-electron chi connectivity index (χ4n) is 3.07. The fourth-order valence-corrected chi connectivity index (χ4v) is 3.07. The van der Waals surface area contributed by atoms with Crippen molar-refractivity contribution in [3.8, 4) is 0 Å². The van der Waals surface area contributed by atoms with E-state index in [0.29, 0.717) is 6.42 Å². The summed E-state index contributed by atoms with van der Waals surface area (Å²) in [4.78, 5) is 11.8. The van der Waals surface area contributed by atoms with Crippen molar-refractivity contribution >= 4 is 5.97 Å². The predicted molar refractivity (Wildman–Crippen MR) is 115 cm³/mol. The topological polar surface area (TPSA) is 26.3 Å². The molecule has 0 aliphatic carbocycles. The van der Waals surface area contributed by atoms with Crippen LogP contribution in [0.5, 0.6) is 0 Å². The van der Waals surface area contributed by atoms with Crippen molar-refractivity contribution in [2.45, 2.75) is 143 Å². The number of unbranched alkanes of at least 4 members (excludes halogenated alkanes) is 14. The predicted octanol–water partition coefficient (Wildman–Crippen LogP) is 8.23. The second kappa shape index (κ2) is 16.6. The van der Waals surface area contributed by atoms with Crippen LogP contribution in [0.2, 0.25) is 0 Å². The third-order valence-corrected chi connectivity index (χ3v) is 5.51. The summed E-state index contributed by atoms with van der Waals surface area (Å²) in [6, 6.07) is 0. The minimum Gasteiger partial charge on any atom is -0.462 e. The standard InChI is InChI=1S/C24H48O2/c1-6-7-8-9-10-11-12-13-14-15-16-17-18-19-20-21-23(25)26-22(2)24(3,4)5/h22H,6-21H2,1-5H3. The summed E-state index contributed by atoms with van der Waals surface area (Å²) in [6.07, 6.45) is 20.8. The molecule has 1 atom stereocenters. The van der Waals surface area contributed by atoms with Gasteiger partial charge in [-0.1, -0.05) is 118 Å². The average Bonchev–Trinajstić information content (AvgIpc) is 2.57. The van der Waals surface area contributed by atoms with E-state index in [1.54, 1.807) is 0 Å². The quantitative estimate of drug-likeness (QED) is 0.191. The molecule has 1 unspecified atom stereocenters. The fraction of sp³-hybridized carbons (Fsp3) is 0.958. The summed E-state index contributed by atoms with van der Waals surface area (Å²) in [7, 11) is 0. The van der Waals surface area contributed by atoms with E-state index >= 15 is 0 Å². The molecule has 0 radical (unpaired) electrons. The van der Waals surface area contributed by atoms with E-state index in [9.17, 15) is 4.79 Å². The molecule has 0 aliphatic rings. The molecule has 156 valence electrons. The molecule has 0 aliphatic heterocycles. The van der Waals surface area contributed by atoms with Crippen molar-refractivity contribution in [3.63, 3.8) is 0 Å². The Morgan fingerprint density at radius 3 is 1.38 bits per heavy atom. The molecule has 0 amide bonds. The second-order valence-electron chi connectivity index (χ2n) is 9.20. The molecule has 0 N–H and O–H groups in total. The van der Waals surface area contributed by atoms with Crippen molar-refractivity contribution in [2.24, 2.45) is 5.41 Å². The first kappa shape index (κ1) is 25.5. The maximum absolute atomic E-state index is 11.8. The van der Waals surface area contributed by atoms with Crippen molar-refractivity contribution in [2.75, 3.05) is 0 Å². The van der Waals surface area contributed by atoms with Crippen molar-refractivity contribution in [1.82, 2.24) is 0 Å². The molecule has 2 heteroatoms. The van der Waals surface area contributed by atoms with Gasteiger partial charge < -0.3 is 4.74 Å². The van der Waals surface area contributed by atoms with E-state index in [4.69, 9.17) is 4.74 Å². The van der Waals surface area contributed by atoms with Gasteiger partial charge in [0.2, 0.25) is 0 Å². The highest BCUT2D eigenvalue weighted by Crippen LogP contribution is 2.22. The zero-order valence-electron chi connectivity index (χ0n) is 18.7. The number of carbonyl (C=O) groups excluding carboxylic acids is 1. The van der Waals surface area contributed by atoms with Crippen molar-refractivity contribution in [1.29, 1.82) is 0 Å². The minimum atomic E-state index is -0.0258. The molecular formula is C24H48O2. The van der Waals surface area contributed by atoms with E-state index in [0.717, 1.165) is 12.8 Å². The lowest BCUT2D eigenvalue weighted by molar-refractivity contribution is -0.153. The molecule has 0 fully saturated rings. The highest BCUT2D eigenvalue weighted by atomic mass is 16.5. The number of carbonyl (C=O) groups is 1. The molecule has 26 heavy (non-hydrogen) atoms. The van der Waals surface area contributed by atoms with E-state index in [-0.39, 0.29) is 17.5 Å². The van der Waals surface area contributed by atoms with Crippen molar-refractivity contribution < 1.29 is 9.53 Å². The summed E-state index contributed by atoms with van der Waals surface area (Å²) in [6.45, 7) is 10.6. The van der Waals surface area contributed by atoms with Crippen LogP contribution < -0.4 is 0 Å². The Kier molecular flexibility index (Phi) is 16.3. The van der Waals surface area contributed by atoms with Crippen LogP contribution in [0, 0.1) is 5.41 Å². The van der Waals surface area contributed by atoms with Crippen LogP contribution in [-0.2, 0) is 9.53 Å². The number of rotatable bonds is 17. The van der Waals surface area contributed by atoms with Gasteiger partial charge in [-0.05, 0) is 18.8 Å². The molecule has 0 spiro atoms. The van der Waals surface area contributed by atoms with Gasteiger partial charge in [-0.25, -0.2) is 0 Å². The summed E-state index contributed by atoms with van der Waals surface area (Å²) >= 11 is 0. The molecule has 0 aromatic rings. The van der Waals surface area contributed by atoms with E-state index < -0.39 is 0 Å². The Morgan fingerprint density at radius 2 is 1.04 bits per heavy atom. The molecule has 0 aromatic carbocycles. The van der Waals surface area contributed by atoms with E-state index in [1.165, 1.54) is 83.5 Å². The first-order valence-corrected chi connectivity index (χ1v) is 11.6. The monoisotopic (exact) mass is 368 g/mol. The Hall–Kier alpha value is -0.530. The number of hydrogen-bond donors (Lipinski definition) is 0. The third kappa shape index (κ3) is 16.9. The first-order chi connectivity index (χ1) is 12.4. The summed E-state index contributed by atoms with van der Waals surface area (Å²) in [5.41, 5.74) is 0.0325. The van der Waals surface area contributed by atoms with Gasteiger partial charge in [0, 0.05) is 6.42 Å². The highest BCUT2D eigenvalue weighted by molar-refractivity contribution is 5.69. The molecule has 0 heterocycles. The van der Waals surface area contributed by atoms with Gasteiger partial charge in [-0.3, -0.25) is 4.79 Å². The van der Waals surface area contributed by atoms with Gasteiger partial charge >= 0.3 is 5.97 Å². The molecular weight excluding hydrogens is 320 g/mol. The Bertz CT molecular complexity index is 317. The maximum atomic E-state index is 11.8. The Morgan fingerprint density at radius 1 is 0.692 bits per heavy atom. The molecule has 0 rings (SSSR count). The second-order valence-corrected chi connectivity index (χ2v) is 9.20. The van der Waals surface area contributed by atoms with Crippen LogP contribution in [0.4, 0.5) is 0 Å². The van der Waals surface area contributed by atoms with Gasteiger partial charge in [-0.15, -0.1) is 0 Å². The van der Waals surface area contributed by atoms with Gasteiger partial charge in [0.1, 0.15) is 6.10 Å². The maximum Gasteiger partial charge on any atom is 0.306 e. The van der Waals surface area contributed by atoms with Crippen LogP contribution >= 0.6 is 0 Å². The van der Waals surface area contributed by atoms with Crippen LogP contribution in [0.3, 0.4) is 0 Å². The summed E-state index contributed by atoms with van der Waals surface area (Å²) in [5.74, 6) is -0.0258. The Balaban J connectivity index is 3.25. The normalized spacial score (nSPS) is 13.0. The van der Waals surface area contributed by atoms with Crippen molar-refractivity contribution in [3.05, 3.63) is 0 Å². The highest BCUT2D eigenvalue weighted by Gasteiger charge is 2.23. The average molecular weight is 369 g/mol. The van der Waals surface area contributed by atoms with E-state index in [2.05, 4.69) is 27.7 Å². The molecule has 0 bridgehead atoms. The van der Waals surface area contributed by atoms with E-state index in [1.807, 2.05) is 6.92 Å². The van der Waals surface area contributed by atoms with Crippen LogP contribution in [0.1, 0.15) is 137 Å². The molecule has 0 saturated carbocycles. The minimum absolute atomic E-state index is 0.00802. The number of hydrogen-bond acceptors (Lipinski definition) is 2. The first-order valence-electron chi connectivity index (χ1n) is 11.6. The van der Waals surface area contributed by atoms with Gasteiger partial charge in [-0.2, -0.15) is 0 Å². The van der Waals surface area contributed by atoms with Gasteiger partial charge in [0.05, 0.1) is 0 Å². The largest absolute Gasteiger partial charge is 0.462 e. The molecule has 0 aromatic heterocycles. The number of ether oxygens (including phenoxy) is 1. The number of esters is 1.